The number of nitrogens with zero attached hydrogens (tertiary/aromatic N) is 1. The molecule has 0 aromatic heterocycles. The molecule has 0 saturated heterocycles. The number of amides is 1. The van der Waals surface area contributed by atoms with Gasteiger partial charge in [-0.25, -0.2) is 0 Å². The van der Waals surface area contributed by atoms with Crippen LogP contribution in [0.5, 0.6) is 0 Å². The third-order valence-electron chi connectivity index (χ3n) is 2.80. The number of rotatable bonds is 6. The minimum Gasteiger partial charge on any atom is -0.392 e. The average molecular weight is 243 g/mol. The Morgan fingerprint density at radius 3 is 2.44 bits per heavy atom. The van der Waals surface area contributed by atoms with Crippen molar-refractivity contribution in [2.24, 2.45) is 5.73 Å². The summed E-state index contributed by atoms with van der Waals surface area (Å²) < 4.78 is 0. The van der Waals surface area contributed by atoms with Crippen molar-refractivity contribution in [1.29, 1.82) is 0 Å². The number of nitrogens with one attached hydrogen (secondary N) is 1. The summed E-state index contributed by atoms with van der Waals surface area (Å²) >= 11 is 4.90. The van der Waals surface area contributed by atoms with Crippen LogP contribution in [0.2, 0.25) is 0 Å². The SMILES string of the molecule is CC(C)N(CC(N)=S)C(C)C(=O)NC1CC1. The summed E-state index contributed by atoms with van der Waals surface area (Å²) in [6.07, 6.45) is 2.21. The van der Waals surface area contributed by atoms with Gasteiger partial charge in [0.2, 0.25) is 5.91 Å². The number of carbonyl (C=O) groups is 1. The van der Waals surface area contributed by atoms with Crippen molar-refractivity contribution in [2.75, 3.05) is 6.54 Å². The monoisotopic (exact) mass is 243 g/mol. The lowest BCUT2D eigenvalue weighted by atomic mass is 10.2. The summed E-state index contributed by atoms with van der Waals surface area (Å²) in [5.41, 5.74) is 5.54. The zero-order chi connectivity index (χ0) is 12.3. The Bertz CT molecular complexity index is 276. The Morgan fingerprint density at radius 2 is 2.06 bits per heavy atom. The van der Waals surface area contributed by atoms with Gasteiger partial charge in [0.05, 0.1) is 11.0 Å². The zero-order valence-corrected chi connectivity index (χ0v) is 11.0. The molecule has 1 aliphatic carbocycles. The lowest BCUT2D eigenvalue weighted by Gasteiger charge is -2.31. The zero-order valence-electron chi connectivity index (χ0n) is 10.2. The van der Waals surface area contributed by atoms with Crippen LogP contribution in [0, 0.1) is 0 Å². The molecule has 1 atom stereocenters. The highest BCUT2D eigenvalue weighted by Gasteiger charge is 2.29. The van der Waals surface area contributed by atoms with Gasteiger partial charge in [0.25, 0.3) is 0 Å². The van der Waals surface area contributed by atoms with E-state index in [0.717, 1.165) is 12.8 Å². The quantitative estimate of drug-likeness (QED) is 0.673. The van der Waals surface area contributed by atoms with Gasteiger partial charge in [-0.1, -0.05) is 12.2 Å². The van der Waals surface area contributed by atoms with E-state index in [0.29, 0.717) is 17.6 Å². The van der Waals surface area contributed by atoms with Crippen molar-refractivity contribution in [3.05, 3.63) is 0 Å². The molecule has 1 amide bonds. The van der Waals surface area contributed by atoms with Crippen molar-refractivity contribution in [3.63, 3.8) is 0 Å². The fourth-order valence-corrected chi connectivity index (χ4v) is 1.80. The topological polar surface area (TPSA) is 58.4 Å². The highest BCUT2D eigenvalue weighted by Crippen LogP contribution is 2.19. The molecular formula is C11H21N3OS. The van der Waals surface area contributed by atoms with Crippen LogP contribution in [0.1, 0.15) is 33.6 Å². The van der Waals surface area contributed by atoms with Crippen LogP contribution in [0.3, 0.4) is 0 Å². The highest BCUT2D eigenvalue weighted by atomic mass is 32.1. The van der Waals surface area contributed by atoms with Gasteiger partial charge in [-0.15, -0.1) is 0 Å². The van der Waals surface area contributed by atoms with Gasteiger partial charge in [0.1, 0.15) is 0 Å². The van der Waals surface area contributed by atoms with Crippen LogP contribution < -0.4 is 11.1 Å². The molecule has 1 aliphatic rings. The smallest absolute Gasteiger partial charge is 0.237 e. The van der Waals surface area contributed by atoms with E-state index in [-0.39, 0.29) is 18.0 Å². The minimum absolute atomic E-state index is 0.0763. The first kappa shape index (κ1) is 13.4. The Balaban J connectivity index is 2.53. The van der Waals surface area contributed by atoms with Gasteiger partial charge < -0.3 is 11.1 Å². The largest absolute Gasteiger partial charge is 0.392 e. The third-order valence-corrected chi connectivity index (χ3v) is 2.93. The van der Waals surface area contributed by atoms with Gasteiger partial charge in [-0.05, 0) is 33.6 Å². The fraction of sp³-hybridized carbons (Fsp3) is 0.818. The van der Waals surface area contributed by atoms with E-state index in [1.54, 1.807) is 0 Å². The summed E-state index contributed by atoms with van der Waals surface area (Å²) in [5, 5.41) is 3.00. The molecule has 16 heavy (non-hydrogen) atoms. The van der Waals surface area contributed by atoms with E-state index in [2.05, 4.69) is 5.32 Å². The maximum absolute atomic E-state index is 11.9. The van der Waals surface area contributed by atoms with Gasteiger partial charge in [0.15, 0.2) is 0 Å². The van der Waals surface area contributed by atoms with E-state index < -0.39 is 0 Å². The third kappa shape index (κ3) is 4.06. The normalized spacial score (nSPS) is 17.6. The highest BCUT2D eigenvalue weighted by molar-refractivity contribution is 7.80. The number of thiocarbonyl (C=S) groups is 1. The molecule has 1 saturated carbocycles. The molecule has 0 aromatic rings. The van der Waals surface area contributed by atoms with Crippen LogP contribution in [-0.4, -0.2) is 40.5 Å². The van der Waals surface area contributed by atoms with E-state index in [4.69, 9.17) is 18.0 Å². The van der Waals surface area contributed by atoms with Gasteiger partial charge >= 0.3 is 0 Å². The van der Waals surface area contributed by atoms with E-state index >= 15 is 0 Å². The molecular weight excluding hydrogens is 222 g/mol. The Kier molecular flexibility index (Phi) is 4.68. The minimum atomic E-state index is -0.179. The molecule has 1 rings (SSSR count). The number of nitrogens with two attached hydrogens (primary N) is 1. The molecule has 1 unspecified atom stereocenters. The summed E-state index contributed by atoms with van der Waals surface area (Å²) in [4.78, 5) is 14.3. The summed E-state index contributed by atoms with van der Waals surface area (Å²) in [6, 6.07) is 0.470. The first-order chi connectivity index (χ1) is 7.41. The van der Waals surface area contributed by atoms with E-state index in [1.165, 1.54) is 0 Å². The van der Waals surface area contributed by atoms with Crippen molar-refractivity contribution in [3.8, 4) is 0 Å². The molecule has 5 heteroatoms. The van der Waals surface area contributed by atoms with Crippen LogP contribution in [-0.2, 0) is 4.79 Å². The summed E-state index contributed by atoms with van der Waals surface area (Å²) in [6.45, 7) is 6.47. The number of carbonyl (C=O) groups excluding carboxylic acids is 1. The van der Waals surface area contributed by atoms with Gasteiger partial charge in [-0.2, -0.15) is 0 Å². The van der Waals surface area contributed by atoms with Crippen molar-refractivity contribution < 1.29 is 4.79 Å². The molecule has 3 N–H and O–H groups in total. The van der Waals surface area contributed by atoms with Crippen LogP contribution in [0.4, 0.5) is 0 Å². The molecule has 0 spiro atoms. The predicted octanol–water partition coefficient (Wildman–Crippen LogP) is 0.650. The van der Waals surface area contributed by atoms with Crippen molar-refractivity contribution in [1.82, 2.24) is 10.2 Å². The molecule has 0 aromatic carbocycles. The lowest BCUT2D eigenvalue weighted by molar-refractivity contribution is -0.126. The Morgan fingerprint density at radius 1 is 1.50 bits per heavy atom. The first-order valence-electron chi connectivity index (χ1n) is 5.76. The molecule has 0 bridgehead atoms. The second kappa shape index (κ2) is 5.59. The van der Waals surface area contributed by atoms with E-state index in [9.17, 15) is 4.79 Å². The second-order valence-corrected chi connectivity index (χ2v) is 5.22. The van der Waals surface area contributed by atoms with Gasteiger partial charge in [-0.3, -0.25) is 9.69 Å². The van der Waals surface area contributed by atoms with Crippen molar-refractivity contribution in [2.45, 2.75) is 51.7 Å². The maximum atomic E-state index is 11.9. The Hall–Kier alpha value is -0.680. The second-order valence-electron chi connectivity index (χ2n) is 4.69. The van der Waals surface area contributed by atoms with Crippen molar-refractivity contribution >= 4 is 23.1 Å². The maximum Gasteiger partial charge on any atom is 0.237 e. The summed E-state index contributed by atoms with van der Waals surface area (Å²) in [5.74, 6) is 0.0763. The molecule has 92 valence electrons. The van der Waals surface area contributed by atoms with E-state index in [1.807, 2.05) is 25.7 Å². The molecule has 4 nitrogen and oxygen atoms in total. The number of hydrogen-bond donors (Lipinski definition) is 2. The van der Waals surface area contributed by atoms with Crippen LogP contribution in [0.15, 0.2) is 0 Å². The van der Waals surface area contributed by atoms with Crippen LogP contribution >= 0.6 is 12.2 Å². The summed E-state index contributed by atoms with van der Waals surface area (Å²) in [7, 11) is 0. The Labute approximate surface area is 103 Å². The first-order valence-corrected chi connectivity index (χ1v) is 6.17. The molecule has 0 heterocycles. The molecule has 0 radical (unpaired) electrons. The standard InChI is InChI=1S/C11H21N3OS/c1-7(2)14(6-10(12)16)8(3)11(15)13-9-4-5-9/h7-9H,4-6H2,1-3H3,(H2,12,16)(H,13,15). The predicted molar refractivity (Wildman–Crippen MR) is 69.3 cm³/mol. The van der Waals surface area contributed by atoms with Gasteiger partial charge in [0, 0.05) is 18.6 Å². The number of hydrogen-bond acceptors (Lipinski definition) is 3. The fourth-order valence-electron chi connectivity index (χ4n) is 1.65. The average Bonchev–Trinajstić information content (AvgIpc) is 2.96. The lowest BCUT2D eigenvalue weighted by Crippen LogP contribution is -2.51. The molecule has 0 aliphatic heterocycles. The molecule has 1 fully saturated rings. The van der Waals surface area contributed by atoms with Crippen LogP contribution in [0.25, 0.3) is 0 Å².